The number of benzene rings is 1. The lowest BCUT2D eigenvalue weighted by Gasteiger charge is -2.13. The minimum Gasteiger partial charge on any atom is -0.315 e. The van der Waals surface area contributed by atoms with Crippen molar-refractivity contribution in [3.8, 4) is 0 Å². The molecule has 0 saturated heterocycles. The van der Waals surface area contributed by atoms with Gasteiger partial charge in [0.25, 0.3) is 5.56 Å². The molecule has 82 valence electrons. The molecule has 1 aliphatic rings. The van der Waals surface area contributed by atoms with E-state index >= 15 is 0 Å². The topological polar surface area (TPSA) is 34.9 Å². The number of fused-ring (bicyclic) bond motifs is 3. The van der Waals surface area contributed by atoms with E-state index in [0.717, 1.165) is 22.2 Å². The lowest BCUT2D eigenvalue weighted by molar-refractivity contribution is 0.593. The van der Waals surface area contributed by atoms with Gasteiger partial charge in [-0.2, -0.15) is 17.6 Å². The van der Waals surface area contributed by atoms with Gasteiger partial charge in [0.2, 0.25) is 0 Å². The molecule has 5 heteroatoms. The third kappa shape index (κ3) is 1.38. The van der Waals surface area contributed by atoms with E-state index in [4.69, 9.17) is 0 Å². The molecule has 0 aliphatic carbocycles. The summed E-state index contributed by atoms with van der Waals surface area (Å²) in [6.07, 6.45) is 0. The summed E-state index contributed by atoms with van der Waals surface area (Å²) in [5.41, 5.74) is 0.843. The zero-order valence-electron chi connectivity index (χ0n) is 8.46. The number of para-hydroxylation sites is 1. The summed E-state index contributed by atoms with van der Waals surface area (Å²) in [5, 5.41) is 1.52. The van der Waals surface area contributed by atoms with Gasteiger partial charge in [0.15, 0.2) is 5.16 Å². The molecule has 0 N–H and O–H groups in total. The van der Waals surface area contributed by atoms with Crippen LogP contribution < -0.4 is 5.56 Å². The molecule has 0 unspecified atom stereocenters. The third-order valence-electron chi connectivity index (χ3n) is 2.78. The average Bonchev–Trinajstić information content (AvgIpc) is 2.72. The van der Waals surface area contributed by atoms with Crippen LogP contribution in [0.2, 0.25) is 0 Å². The summed E-state index contributed by atoms with van der Waals surface area (Å²) in [4.78, 5) is 15.9. The second-order valence-corrected chi connectivity index (χ2v) is 5.09. The zero-order chi connectivity index (χ0) is 11.1. The smallest absolute Gasteiger partial charge is 0.281 e. The predicted octanol–water partition coefficient (Wildman–Crippen LogP) is 1.97. The summed E-state index contributed by atoms with van der Waals surface area (Å²) in [6.45, 7) is 0. The van der Waals surface area contributed by atoms with Crippen LogP contribution in [-0.2, 0) is 0 Å². The van der Waals surface area contributed by atoms with Gasteiger partial charge < -0.3 is 4.57 Å². The van der Waals surface area contributed by atoms with Crippen molar-refractivity contribution in [1.29, 1.82) is 0 Å². The second-order valence-electron chi connectivity index (χ2n) is 3.73. The number of aromatic nitrogens is 2. The molecule has 0 bridgehead atoms. The summed E-state index contributed by atoms with van der Waals surface area (Å²) >= 11 is 5.98. The molecule has 1 aromatic carbocycles. The fraction of sp³-hybridized carbons (Fsp3) is 0.273. The molecular formula is C11H10N2OS2. The zero-order valence-corrected chi connectivity index (χ0v) is 10.2. The Morgan fingerprint density at radius 3 is 3.12 bits per heavy atom. The first-order valence-electron chi connectivity index (χ1n) is 5.06. The molecular weight excluding hydrogens is 240 g/mol. The molecule has 0 radical (unpaired) electrons. The third-order valence-corrected chi connectivity index (χ3v) is 4.30. The second kappa shape index (κ2) is 3.82. The lowest BCUT2D eigenvalue weighted by Crippen LogP contribution is -2.16. The first kappa shape index (κ1) is 10.2. The van der Waals surface area contributed by atoms with Crippen LogP contribution in [-0.4, -0.2) is 21.1 Å². The monoisotopic (exact) mass is 250 g/mol. The molecule has 0 fully saturated rings. The molecule has 3 rings (SSSR count). The maximum Gasteiger partial charge on any atom is 0.281 e. The van der Waals surface area contributed by atoms with Crippen LogP contribution in [0.4, 0.5) is 0 Å². The van der Waals surface area contributed by atoms with Crippen molar-refractivity contribution in [2.24, 2.45) is 0 Å². The Morgan fingerprint density at radius 1 is 1.50 bits per heavy atom. The SMILES string of the molecule is O=c1nc2n(c3ccccc13)[C@@H](CS)CS2. The maximum absolute atomic E-state index is 11.8. The van der Waals surface area contributed by atoms with E-state index in [2.05, 4.69) is 22.2 Å². The Labute approximate surface area is 102 Å². The summed E-state index contributed by atoms with van der Waals surface area (Å²) < 4.78 is 2.13. The predicted molar refractivity (Wildman–Crippen MR) is 69.6 cm³/mol. The van der Waals surface area contributed by atoms with Crippen LogP contribution in [0.5, 0.6) is 0 Å². The molecule has 1 atom stereocenters. The minimum atomic E-state index is -0.130. The first-order chi connectivity index (χ1) is 7.81. The van der Waals surface area contributed by atoms with Crippen LogP contribution in [0.3, 0.4) is 0 Å². The van der Waals surface area contributed by atoms with E-state index < -0.39 is 0 Å². The standard InChI is InChI=1S/C11H10N2OS2/c14-10-8-3-1-2-4-9(8)13-7(5-15)6-16-11(13)12-10/h1-4,7,15H,5-6H2/t7-/m0/s1. The fourth-order valence-corrected chi connectivity index (χ4v) is 3.61. The van der Waals surface area contributed by atoms with Crippen molar-refractivity contribution in [3.63, 3.8) is 0 Å². The van der Waals surface area contributed by atoms with Crippen LogP contribution >= 0.6 is 24.4 Å². The van der Waals surface area contributed by atoms with Gasteiger partial charge in [0.1, 0.15) is 0 Å². The largest absolute Gasteiger partial charge is 0.315 e. The molecule has 0 spiro atoms. The highest BCUT2D eigenvalue weighted by Crippen LogP contribution is 2.34. The maximum atomic E-state index is 11.8. The molecule has 2 heterocycles. The van der Waals surface area contributed by atoms with Crippen LogP contribution in [0.1, 0.15) is 6.04 Å². The first-order valence-corrected chi connectivity index (χ1v) is 6.68. The number of thiol groups is 1. The normalized spacial score (nSPS) is 18.9. The van der Waals surface area contributed by atoms with Crippen LogP contribution in [0, 0.1) is 0 Å². The minimum absolute atomic E-state index is 0.130. The summed E-state index contributed by atoms with van der Waals surface area (Å²) in [6, 6.07) is 7.96. The Balaban J connectivity index is 2.42. The Hall–Kier alpha value is -0.940. The fourth-order valence-electron chi connectivity index (χ4n) is 2.00. The molecule has 1 aromatic heterocycles. The summed E-state index contributed by atoms with van der Waals surface area (Å²) in [5.74, 6) is 1.72. The van der Waals surface area contributed by atoms with Gasteiger partial charge in [-0.05, 0) is 12.1 Å². The van der Waals surface area contributed by atoms with E-state index in [1.807, 2.05) is 24.3 Å². The molecule has 3 nitrogen and oxygen atoms in total. The molecule has 0 amide bonds. The van der Waals surface area contributed by atoms with Crippen molar-refractivity contribution < 1.29 is 0 Å². The number of rotatable bonds is 1. The highest BCUT2D eigenvalue weighted by molar-refractivity contribution is 7.99. The number of hydrogen-bond acceptors (Lipinski definition) is 4. The van der Waals surface area contributed by atoms with Gasteiger partial charge in [-0.25, -0.2) is 0 Å². The summed E-state index contributed by atoms with van der Waals surface area (Å²) in [7, 11) is 0. The van der Waals surface area contributed by atoms with E-state index in [1.165, 1.54) is 0 Å². The highest BCUT2D eigenvalue weighted by atomic mass is 32.2. The van der Waals surface area contributed by atoms with E-state index in [0.29, 0.717) is 11.4 Å². The van der Waals surface area contributed by atoms with Gasteiger partial charge in [0, 0.05) is 11.5 Å². The molecule has 1 aliphatic heterocycles. The van der Waals surface area contributed by atoms with E-state index in [-0.39, 0.29) is 5.56 Å². The average molecular weight is 250 g/mol. The number of thioether (sulfide) groups is 1. The van der Waals surface area contributed by atoms with Gasteiger partial charge in [-0.3, -0.25) is 4.79 Å². The quantitative estimate of drug-likeness (QED) is 0.621. The van der Waals surface area contributed by atoms with Crippen molar-refractivity contribution in [3.05, 3.63) is 34.6 Å². The molecule has 0 saturated carbocycles. The van der Waals surface area contributed by atoms with Gasteiger partial charge >= 0.3 is 0 Å². The Bertz CT molecular complexity index is 608. The van der Waals surface area contributed by atoms with Gasteiger partial charge in [0.05, 0.1) is 16.9 Å². The van der Waals surface area contributed by atoms with E-state index in [1.54, 1.807) is 11.8 Å². The van der Waals surface area contributed by atoms with Crippen LogP contribution in [0.25, 0.3) is 10.9 Å². The Kier molecular flexibility index (Phi) is 2.44. The van der Waals surface area contributed by atoms with Crippen molar-refractivity contribution in [1.82, 2.24) is 9.55 Å². The molecule has 16 heavy (non-hydrogen) atoms. The van der Waals surface area contributed by atoms with Gasteiger partial charge in [-0.1, -0.05) is 23.9 Å². The Morgan fingerprint density at radius 2 is 2.31 bits per heavy atom. The number of nitrogens with zero attached hydrogens (tertiary/aromatic N) is 2. The van der Waals surface area contributed by atoms with Crippen molar-refractivity contribution in [2.45, 2.75) is 11.2 Å². The highest BCUT2D eigenvalue weighted by Gasteiger charge is 2.24. The van der Waals surface area contributed by atoms with Crippen molar-refractivity contribution in [2.75, 3.05) is 11.5 Å². The molecule has 2 aromatic rings. The van der Waals surface area contributed by atoms with Gasteiger partial charge in [-0.15, -0.1) is 0 Å². The van der Waals surface area contributed by atoms with Crippen molar-refractivity contribution >= 4 is 35.3 Å². The number of hydrogen-bond donors (Lipinski definition) is 1. The van der Waals surface area contributed by atoms with E-state index in [9.17, 15) is 4.79 Å². The van der Waals surface area contributed by atoms with Crippen LogP contribution in [0.15, 0.2) is 34.2 Å². The lowest BCUT2D eigenvalue weighted by atomic mass is 10.2.